The number of fused-ring (bicyclic) bond motifs is 1. The molecule has 1 atom stereocenters. The Morgan fingerprint density at radius 2 is 1.77 bits per heavy atom. The number of carboxylic acid groups (broad SMARTS) is 1. The van der Waals surface area contributed by atoms with E-state index in [4.69, 9.17) is 16.7 Å². The first-order valence-corrected chi connectivity index (χ1v) is 10.4. The van der Waals surface area contributed by atoms with E-state index in [-0.39, 0.29) is 23.8 Å². The van der Waals surface area contributed by atoms with E-state index in [1.807, 2.05) is 0 Å². The second-order valence-corrected chi connectivity index (χ2v) is 7.91. The number of amides is 2. The zero-order valence-electron chi connectivity index (χ0n) is 17.9. The van der Waals surface area contributed by atoms with E-state index in [0.29, 0.717) is 28.6 Å². The quantitative estimate of drug-likeness (QED) is 0.341. The molecule has 1 unspecified atom stereocenters. The maximum absolute atomic E-state index is 13.8. The molecular weight excluding hydrogens is 504 g/mol. The predicted octanol–water partition coefficient (Wildman–Crippen LogP) is 6.13. The molecule has 0 aliphatic carbocycles. The summed E-state index contributed by atoms with van der Waals surface area (Å²) in [5.74, 6) is -1.16. The summed E-state index contributed by atoms with van der Waals surface area (Å²) in [6.07, 6.45) is -11.2. The van der Waals surface area contributed by atoms with E-state index < -0.39 is 41.5 Å². The molecule has 3 aromatic rings. The molecule has 6 nitrogen and oxygen atoms in total. The van der Waals surface area contributed by atoms with Crippen LogP contribution < -0.4 is 10.6 Å². The molecule has 0 spiro atoms. The zero-order chi connectivity index (χ0) is 26.1. The van der Waals surface area contributed by atoms with Crippen LogP contribution >= 0.6 is 11.6 Å². The molecule has 1 aromatic heterocycles. The minimum Gasteiger partial charge on any atom is -0.465 e. The third-order valence-corrected chi connectivity index (χ3v) is 5.55. The van der Waals surface area contributed by atoms with Crippen LogP contribution in [-0.4, -0.2) is 27.9 Å². The predicted molar refractivity (Wildman–Crippen MR) is 115 cm³/mol. The van der Waals surface area contributed by atoms with E-state index in [0.717, 1.165) is 12.1 Å². The van der Waals surface area contributed by atoms with Gasteiger partial charge in [0.05, 0.1) is 11.1 Å². The van der Waals surface area contributed by atoms with Crippen molar-refractivity contribution in [2.24, 2.45) is 0 Å². The highest BCUT2D eigenvalue weighted by atomic mass is 35.5. The van der Waals surface area contributed by atoms with Gasteiger partial charge in [-0.2, -0.15) is 26.3 Å². The molecule has 0 radical (unpaired) electrons. The van der Waals surface area contributed by atoms with Crippen LogP contribution in [0.2, 0.25) is 5.02 Å². The zero-order valence-corrected chi connectivity index (χ0v) is 18.6. The first-order chi connectivity index (χ1) is 16.2. The van der Waals surface area contributed by atoms with Gasteiger partial charge in [-0.3, -0.25) is 4.79 Å². The number of benzene rings is 2. The van der Waals surface area contributed by atoms with Crippen LogP contribution in [0.4, 0.5) is 31.1 Å². The fourth-order valence-corrected chi connectivity index (χ4v) is 3.84. The molecule has 0 aliphatic rings. The molecule has 0 aliphatic heterocycles. The van der Waals surface area contributed by atoms with Crippen molar-refractivity contribution in [1.29, 1.82) is 0 Å². The minimum absolute atomic E-state index is 0.144. The standard InChI is InChI=1S/C22H18ClF6N3O3/c1-2-32-16-9-15(23)13(10-30-20(34)35)6-12(16)8-17(32)19(33)31-18(22(27,28)29)11-4-3-5-14(7-11)21(24,25)26/h3-9,18,30H,2,10H2,1H3,(H,31,33)(H,34,35). The Labute approximate surface area is 199 Å². The highest BCUT2D eigenvalue weighted by Gasteiger charge is 2.43. The van der Waals surface area contributed by atoms with Crippen molar-refractivity contribution in [1.82, 2.24) is 15.2 Å². The molecule has 2 amide bonds. The number of halogens is 7. The lowest BCUT2D eigenvalue weighted by atomic mass is 10.0. The van der Waals surface area contributed by atoms with Crippen molar-refractivity contribution in [3.05, 3.63) is 69.9 Å². The van der Waals surface area contributed by atoms with Gasteiger partial charge in [0.15, 0.2) is 6.04 Å². The molecule has 188 valence electrons. The first kappa shape index (κ1) is 26.2. The lowest BCUT2D eigenvalue weighted by Crippen LogP contribution is -2.39. The van der Waals surface area contributed by atoms with Gasteiger partial charge in [0.2, 0.25) is 0 Å². The fraction of sp³-hybridized carbons (Fsp3) is 0.273. The minimum atomic E-state index is -5.08. The first-order valence-electron chi connectivity index (χ1n) is 10.1. The molecule has 0 fully saturated rings. The summed E-state index contributed by atoms with van der Waals surface area (Å²) in [6, 6.07) is 4.21. The van der Waals surface area contributed by atoms with Crippen molar-refractivity contribution in [3.8, 4) is 0 Å². The summed E-state index contributed by atoms with van der Waals surface area (Å²) in [4.78, 5) is 23.7. The molecule has 0 saturated heterocycles. The third-order valence-electron chi connectivity index (χ3n) is 5.20. The van der Waals surface area contributed by atoms with Crippen LogP contribution in [0.15, 0.2) is 42.5 Å². The Morgan fingerprint density at radius 3 is 2.34 bits per heavy atom. The fourth-order valence-electron chi connectivity index (χ4n) is 3.62. The maximum Gasteiger partial charge on any atom is 0.416 e. The molecule has 13 heteroatoms. The van der Waals surface area contributed by atoms with E-state index in [1.165, 1.54) is 22.8 Å². The van der Waals surface area contributed by atoms with Gasteiger partial charge >= 0.3 is 18.4 Å². The maximum atomic E-state index is 13.8. The molecule has 35 heavy (non-hydrogen) atoms. The van der Waals surface area contributed by atoms with Gasteiger partial charge in [0.25, 0.3) is 5.91 Å². The van der Waals surface area contributed by atoms with E-state index in [9.17, 15) is 35.9 Å². The van der Waals surface area contributed by atoms with E-state index >= 15 is 0 Å². The topological polar surface area (TPSA) is 83.4 Å². The van der Waals surface area contributed by atoms with Gasteiger partial charge in [0, 0.05) is 23.5 Å². The van der Waals surface area contributed by atoms with Crippen molar-refractivity contribution in [3.63, 3.8) is 0 Å². The molecule has 1 heterocycles. The SMILES string of the molecule is CCn1c(C(=O)NC(c2cccc(C(F)(F)F)c2)C(F)(F)F)cc2cc(CNC(=O)O)c(Cl)cc21. The Kier molecular flexibility index (Phi) is 7.25. The number of hydrogen-bond donors (Lipinski definition) is 3. The monoisotopic (exact) mass is 521 g/mol. The van der Waals surface area contributed by atoms with Gasteiger partial charge < -0.3 is 20.3 Å². The van der Waals surface area contributed by atoms with E-state index in [1.54, 1.807) is 12.2 Å². The average molecular weight is 522 g/mol. The van der Waals surface area contributed by atoms with Crippen LogP contribution in [0.25, 0.3) is 10.9 Å². The second kappa shape index (κ2) is 9.68. The number of carbonyl (C=O) groups excluding carboxylic acids is 1. The van der Waals surface area contributed by atoms with Crippen molar-refractivity contribution >= 4 is 34.5 Å². The van der Waals surface area contributed by atoms with Crippen LogP contribution in [-0.2, 0) is 19.3 Å². The van der Waals surface area contributed by atoms with Crippen molar-refractivity contribution in [2.75, 3.05) is 0 Å². The smallest absolute Gasteiger partial charge is 0.416 e. The molecule has 0 bridgehead atoms. The number of nitrogens with zero attached hydrogens (tertiary/aromatic N) is 1. The highest BCUT2D eigenvalue weighted by molar-refractivity contribution is 6.32. The third kappa shape index (κ3) is 5.81. The van der Waals surface area contributed by atoms with Gasteiger partial charge in [-0.25, -0.2) is 4.79 Å². The molecule has 0 saturated carbocycles. The second-order valence-electron chi connectivity index (χ2n) is 7.51. The summed E-state index contributed by atoms with van der Waals surface area (Å²) < 4.78 is 81.8. The lowest BCUT2D eigenvalue weighted by molar-refractivity contribution is -0.156. The number of aromatic nitrogens is 1. The van der Waals surface area contributed by atoms with Crippen LogP contribution in [0, 0.1) is 0 Å². The Hall–Kier alpha value is -3.41. The number of nitrogens with one attached hydrogen (secondary N) is 2. The van der Waals surface area contributed by atoms with Crippen LogP contribution in [0.1, 0.15) is 40.1 Å². The van der Waals surface area contributed by atoms with Crippen molar-refractivity contribution < 1.29 is 41.0 Å². The summed E-state index contributed by atoms with van der Waals surface area (Å²) >= 11 is 6.19. The Balaban J connectivity index is 2.01. The van der Waals surface area contributed by atoms with Gasteiger partial charge in [-0.15, -0.1) is 0 Å². The normalized spacial score (nSPS) is 13.0. The Morgan fingerprint density at radius 1 is 1.09 bits per heavy atom. The molecule has 3 N–H and O–H groups in total. The van der Waals surface area contributed by atoms with Gasteiger partial charge in [0.1, 0.15) is 5.69 Å². The molecular formula is C22H18ClF6N3O3. The summed E-state index contributed by atoms with van der Waals surface area (Å²) in [7, 11) is 0. The molecule has 2 aromatic carbocycles. The average Bonchev–Trinajstić information content (AvgIpc) is 3.11. The Bertz CT molecular complexity index is 1270. The number of carbonyl (C=O) groups is 2. The highest BCUT2D eigenvalue weighted by Crippen LogP contribution is 2.37. The van der Waals surface area contributed by atoms with Crippen LogP contribution in [0.3, 0.4) is 0 Å². The number of rotatable bonds is 6. The largest absolute Gasteiger partial charge is 0.465 e. The van der Waals surface area contributed by atoms with Gasteiger partial charge in [-0.05, 0) is 48.4 Å². The lowest BCUT2D eigenvalue weighted by Gasteiger charge is -2.23. The van der Waals surface area contributed by atoms with Crippen LogP contribution in [0.5, 0.6) is 0 Å². The van der Waals surface area contributed by atoms with Crippen molar-refractivity contribution in [2.45, 2.75) is 38.4 Å². The van der Waals surface area contributed by atoms with E-state index in [2.05, 4.69) is 5.32 Å². The number of hydrogen-bond acceptors (Lipinski definition) is 2. The summed E-state index contributed by atoms with van der Waals surface area (Å²) in [6.45, 7) is 1.66. The summed E-state index contributed by atoms with van der Waals surface area (Å²) in [5, 5.41) is 13.3. The van der Waals surface area contributed by atoms with Gasteiger partial charge in [-0.1, -0.05) is 23.7 Å². The number of aryl methyl sites for hydroxylation is 1. The summed E-state index contributed by atoms with van der Waals surface area (Å²) in [5.41, 5.74) is -1.45. The molecule has 3 rings (SSSR count). The number of alkyl halides is 6.